The van der Waals surface area contributed by atoms with Gasteiger partial charge in [-0.05, 0) is 31.0 Å². The number of nitrogen functional groups attached to an aromatic ring is 1. The van der Waals surface area contributed by atoms with Gasteiger partial charge >= 0.3 is 0 Å². The largest absolute Gasteiger partial charge is 0.399 e. The van der Waals surface area contributed by atoms with Gasteiger partial charge in [-0.25, -0.2) is 9.97 Å². The lowest BCUT2D eigenvalue weighted by atomic mass is 10.2. The first-order valence-electron chi connectivity index (χ1n) is 7.13. The second-order valence-corrected chi connectivity index (χ2v) is 4.75. The quantitative estimate of drug-likeness (QED) is 0.572. The minimum Gasteiger partial charge on any atom is -0.399 e. The number of unbranched alkanes of at least 4 members (excludes halogenated alkanes) is 1. The number of hydrogen-bond donors (Lipinski definition) is 2. The van der Waals surface area contributed by atoms with Gasteiger partial charge in [-0.3, -0.25) is 0 Å². The maximum atomic E-state index is 5.76. The molecular weight excluding hydrogens is 252 g/mol. The van der Waals surface area contributed by atoms with Crippen LogP contribution in [-0.2, 0) is 4.74 Å². The first kappa shape index (κ1) is 14.5. The van der Waals surface area contributed by atoms with Crippen molar-refractivity contribution in [3.8, 4) is 0 Å². The SMILES string of the molecule is CCCCOCCCNc1ncnc2cc(N)ccc12. The van der Waals surface area contributed by atoms with Crippen molar-refractivity contribution < 1.29 is 4.74 Å². The zero-order valence-electron chi connectivity index (χ0n) is 11.9. The standard InChI is InChI=1S/C15H22N4O/c1-2-3-8-20-9-4-7-17-15-13-6-5-12(16)10-14(13)18-11-19-15/h5-6,10-11H,2-4,7-9,16H2,1H3,(H,17,18,19). The van der Waals surface area contributed by atoms with Crippen LogP contribution >= 0.6 is 0 Å². The number of rotatable bonds is 8. The van der Waals surface area contributed by atoms with Gasteiger partial charge in [-0.2, -0.15) is 0 Å². The zero-order valence-corrected chi connectivity index (χ0v) is 11.9. The number of nitrogens with two attached hydrogens (primary N) is 1. The Bertz CT molecular complexity index is 544. The van der Waals surface area contributed by atoms with Crippen molar-refractivity contribution in [2.24, 2.45) is 0 Å². The molecule has 0 saturated heterocycles. The van der Waals surface area contributed by atoms with Crippen molar-refractivity contribution in [3.63, 3.8) is 0 Å². The Morgan fingerprint density at radius 1 is 1.20 bits per heavy atom. The Labute approximate surface area is 119 Å². The third kappa shape index (κ3) is 4.06. The molecule has 0 aliphatic heterocycles. The molecular formula is C15H22N4O. The number of nitrogens with zero attached hydrogens (tertiary/aromatic N) is 2. The van der Waals surface area contributed by atoms with E-state index >= 15 is 0 Å². The molecule has 5 heteroatoms. The van der Waals surface area contributed by atoms with Gasteiger partial charge in [0.05, 0.1) is 5.52 Å². The number of benzene rings is 1. The zero-order chi connectivity index (χ0) is 14.2. The molecule has 1 aromatic carbocycles. The number of ether oxygens (including phenoxy) is 1. The van der Waals surface area contributed by atoms with E-state index in [1.807, 2.05) is 18.2 Å². The van der Waals surface area contributed by atoms with Gasteiger partial charge in [0.1, 0.15) is 12.1 Å². The van der Waals surface area contributed by atoms with E-state index in [9.17, 15) is 0 Å². The first-order valence-corrected chi connectivity index (χ1v) is 7.13. The molecule has 0 aliphatic carbocycles. The average Bonchev–Trinajstić information content (AvgIpc) is 2.46. The molecule has 0 aliphatic rings. The summed E-state index contributed by atoms with van der Waals surface area (Å²) >= 11 is 0. The van der Waals surface area contributed by atoms with Gasteiger partial charge in [-0.1, -0.05) is 13.3 Å². The molecule has 0 radical (unpaired) electrons. The molecule has 3 N–H and O–H groups in total. The Balaban J connectivity index is 1.84. The summed E-state index contributed by atoms with van der Waals surface area (Å²) in [6.45, 7) is 4.63. The van der Waals surface area contributed by atoms with Crippen molar-refractivity contribution in [2.75, 3.05) is 30.8 Å². The predicted octanol–water partition coefficient (Wildman–Crippen LogP) is 2.83. The average molecular weight is 274 g/mol. The van der Waals surface area contributed by atoms with Gasteiger partial charge in [0.25, 0.3) is 0 Å². The molecule has 20 heavy (non-hydrogen) atoms. The molecule has 0 spiro atoms. The second kappa shape index (κ2) is 7.65. The van der Waals surface area contributed by atoms with Crippen molar-refractivity contribution in [3.05, 3.63) is 24.5 Å². The third-order valence-electron chi connectivity index (χ3n) is 3.06. The van der Waals surface area contributed by atoms with Crippen LogP contribution in [0.5, 0.6) is 0 Å². The van der Waals surface area contributed by atoms with E-state index in [0.717, 1.165) is 49.3 Å². The minimum atomic E-state index is 0.714. The Hall–Kier alpha value is -1.88. The predicted molar refractivity (Wildman–Crippen MR) is 82.8 cm³/mol. The van der Waals surface area contributed by atoms with E-state index in [0.29, 0.717) is 5.69 Å². The summed E-state index contributed by atoms with van der Waals surface area (Å²) in [7, 11) is 0. The number of aromatic nitrogens is 2. The van der Waals surface area contributed by atoms with E-state index in [4.69, 9.17) is 10.5 Å². The van der Waals surface area contributed by atoms with Crippen molar-refractivity contribution in [1.82, 2.24) is 9.97 Å². The molecule has 0 fully saturated rings. The fourth-order valence-corrected chi connectivity index (χ4v) is 1.94. The summed E-state index contributed by atoms with van der Waals surface area (Å²) in [5.74, 6) is 0.851. The van der Waals surface area contributed by atoms with Crippen LogP contribution in [0.15, 0.2) is 24.5 Å². The molecule has 0 saturated carbocycles. The van der Waals surface area contributed by atoms with Crippen LogP contribution < -0.4 is 11.1 Å². The number of fused-ring (bicyclic) bond motifs is 1. The molecule has 108 valence electrons. The lowest BCUT2D eigenvalue weighted by Gasteiger charge is -2.08. The van der Waals surface area contributed by atoms with Crippen LogP contribution in [0.2, 0.25) is 0 Å². The fourth-order valence-electron chi connectivity index (χ4n) is 1.94. The highest BCUT2D eigenvalue weighted by atomic mass is 16.5. The van der Waals surface area contributed by atoms with Gasteiger partial charge in [0, 0.05) is 30.8 Å². The van der Waals surface area contributed by atoms with Crippen molar-refractivity contribution >= 4 is 22.4 Å². The van der Waals surface area contributed by atoms with E-state index < -0.39 is 0 Å². The van der Waals surface area contributed by atoms with Crippen LogP contribution in [0.1, 0.15) is 26.2 Å². The molecule has 0 atom stereocenters. The molecule has 2 aromatic rings. The van der Waals surface area contributed by atoms with E-state index in [-0.39, 0.29) is 0 Å². The normalized spacial score (nSPS) is 10.8. The van der Waals surface area contributed by atoms with Gasteiger partial charge in [-0.15, -0.1) is 0 Å². The Morgan fingerprint density at radius 2 is 2.05 bits per heavy atom. The second-order valence-electron chi connectivity index (χ2n) is 4.75. The summed E-state index contributed by atoms with van der Waals surface area (Å²) in [4.78, 5) is 8.50. The first-order chi connectivity index (χ1) is 9.81. The van der Waals surface area contributed by atoms with Crippen LogP contribution in [0.3, 0.4) is 0 Å². The molecule has 1 aromatic heterocycles. The summed E-state index contributed by atoms with van der Waals surface area (Å²) in [5.41, 5.74) is 7.33. The monoisotopic (exact) mass is 274 g/mol. The maximum Gasteiger partial charge on any atom is 0.137 e. The third-order valence-corrected chi connectivity index (χ3v) is 3.06. The Kier molecular flexibility index (Phi) is 5.55. The maximum absolute atomic E-state index is 5.76. The van der Waals surface area contributed by atoms with Crippen molar-refractivity contribution in [2.45, 2.75) is 26.2 Å². The van der Waals surface area contributed by atoms with Crippen LogP contribution in [-0.4, -0.2) is 29.7 Å². The highest BCUT2D eigenvalue weighted by Crippen LogP contribution is 2.20. The summed E-state index contributed by atoms with van der Waals surface area (Å²) in [6, 6.07) is 5.67. The molecule has 5 nitrogen and oxygen atoms in total. The van der Waals surface area contributed by atoms with E-state index in [1.54, 1.807) is 6.33 Å². The molecule has 0 amide bonds. The summed E-state index contributed by atoms with van der Waals surface area (Å²) in [6.07, 6.45) is 4.83. The fraction of sp³-hybridized carbons (Fsp3) is 0.467. The van der Waals surface area contributed by atoms with Crippen LogP contribution in [0.4, 0.5) is 11.5 Å². The van der Waals surface area contributed by atoms with Crippen LogP contribution in [0.25, 0.3) is 10.9 Å². The van der Waals surface area contributed by atoms with Crippen molar-refractivity contribution in [1.29, 1.82) is 0 Å². The number of hydrogen-bond acceptors (Lipinski definition) is 5. The number of nitrogens with one attached hydrogen (secondary N) is 1. The van der Waals surface area contributed by atoms with Crippen LogP contribution in [0, 0.1) is 0 Å². The molecule has 0 unspecified atom stereocenters. The Morgan fingerprint density at radius 3 is 2.90 bits per heavy atom. The van der Waals surface area contributed by atoms with E-state index in [1.165, 1.54) is 6.42 Å². The van der Waals surface area contributed by atoms with Gasteiger partial charge < -0.3 is 15.8 Å². The summed E-state index contributed by atoms with van der Waals surface area (Å²) in [5, 5.41) is 4.32. The smallest absolute Gasteiger partial charge is 0.137 e. The highest BCUT2D eigenvalue weighted by Gasteiger charge is 2.03. The summed E-state index contributed by atoms with van der Waals surface area (Å²) < 4.78 is 5.53. The molecule has 1 heterocycles. The lowest BCUT2D eigenvalue weighted by molar-refractivity contribution is 0.131. The minimum absolute atomic E-state index is 0.714. The topological polar surface area (TPSA) is 73.1 Å². The van der Waals surface area contributed by atoms with E-state index in [2.05, 4.69) is 22.2 Å². The number of anilines is 2. The highest BCUT2D eigenvalue weighted by molar-refractivity contribution is 5.90. The molecule has 2 rings (SSSR count). The lowest BCUT2D eigenvalue weighted by Crippen LogP contribution is -2.08. The van der Waals surface area contributed by atoms with Gasteiger partial charge in [0.2, 0.25) is 0 Å². The van der Waals surface area contributed by atoms with Gasteiger partial charge in [0.15, 0.2) is 0 Å². The molecule has 0 bridgehead atoms.